The molecule has 2 heterocycles. The molecule has 1 aromatic heterocycles. The van der Waals surface area contributed by atoms with Crippen molar-refractivity contribution in [2.45, 2.75) is 39.2 Å². The number of rotatable bonds is 4. The molecule has 1 N–H and O–H groups in total. The fourth-order valence-electron chi connectivity index (χ4n) is 2.89. The molecule has 2 rings (SSSR count). The monoisotopic (exact) mass is 398 g/mol. The van der Waals surface area contributed by atoms with Crippen LogP contribution in [0, 0.1) is 11.8 Å². The Labute approximate surface area is 150 Å². The van der Waals surface area contributed by atoms with Gasteiger partial charge >= 0.3 is 12.1 Å². The number of aromatic nitrogens is 1. The predicted octanol–water partition coefficient (Wildman–Crippen LogP) is 3.34. The summed E-state index contributed by atoms with van der Waals surface area (Å²) in [5.74, 6) is -1.45. The third-order valence-electron chi connectivity index (χ3n) is 4.01. The topological polar surface area (TPSA) is 79.7 Å². The SMILES string of the molecule is CC(C)(C)OC(=O)N1CC[C@H](C(Cc2ccnc(Br)c2)C(=O)O)C1. The quantitative estimate of drug-likeness (QED) is 0.786. The molecular weight excluding hydrogens is 376 g/mol. The van der Waals surface area contributed by atoms with E-state index in [0.717, 1.165) is 5.56 Å². The number of likely N-dealkylation sites (tertiary alicyclic amines) is 1. The summed E-state index contributed by atoms with van der Waals surface area (Å²) in [6, 6.07) is 3.65. The second-order valence-electron chi connectivity index (χ2n) is 7.11. The number of carbonyl (C=O) groups is 2. The van der Waals surface area contributed by atoms with Crippen LogP contribution in [0.15, 0.2) is 22.9 Å². The first-order valence-electron chi connectivity index (χ1n) is 7.97. The molecule has 24 heavy (non-hydrogen) atoms. The van der Waals surface area contributed by atoms with Gasteiger partial charge in [-0.2, -0.15) is 0 Å². The van der Waals surface area contributed by atoms with Crippen LogP contribution < -0.4 is 0 Å². The molecule has 0 radical (unpaired) electrons. The molecule has 2 atom stereocenters. The summed E-state index contributed by atoms with van der Waals surface area (Å²) in [7, 11) is 0. The van der Waals surface area contributed by atoms with Crippen molar-refractivity contribution < 1.29 is 19.4 Å². The van der Waals surface area contributed by atoms with Crippen molar-refractivity contribution in [2.75, 3.05) is 13.1 Å². The van der Waals surface area contributed by atoms with Crippen molar-refractivity contribution in [1.29, 1.82) is 0 Å². The molecule has 1 amide bonds. The fourth-order valence-corrected chi connectivity index (χ4v) is 3.30. The number of carboxylic acid groups (broad SMARTS) is 1. The van der Waals surface area contributed by atoms with E-state index in [1.165, 1.54) is 0 Å². The van der Waals surface area contributed by atoms with Crippen LogP contribution in [0.1, 0.15) is 32.8 Å². The second-order valence-corrected chi connectivity index (χ2v) is 7.92. The number of aliphatic carboxylic acids is 1. The standard InChI is InChI=1S/C17H23BrN2O4/c1-17(2,3)24-16(23)20-7-5-12(10-20)13(15(21)22)8-11-4-6-19-14(18)9-11/h4,6,9,12-13H,5,7-8,10H2,1-3H3,(H,21,22)/t12-,13?/m0/s1. The average molecular weight is 399 g/mol. The summed E-state index contributed by atoms with van der Waals surface area (Å²) < 4.78 is 6.06. The normalized spacial score (nSPS) is 19.2. The van der Waals surface area contributed by atoms with E-state index < -0.39 is 17.5 Å². The van der Waals surface area contributed by atoms with E-state index in [9.17, 15) is 14.7 Å². The highest BCUT2D eigenvalue weighted by Gasteiger charge is 2.37. The lowest BCUT2D eigenvalue weighted by molar-refractivity contribution is -0.143. The smallest absolute Gasteiger partial charge is 0.410 e. The van der Waals surface area contributed by atoms with Gasteiger partial charge in [-0.05, 0) is 73.2 Å². The Bertz CT molecular complexity index is 615. The minimum absolute atomic E-state index is 0.0815. The molecule has 1 aliphatic heterocycles. The summed E-state index contributed by atoms with van der Waals surface area (Å²) in [6.45, 7) is 6.40. The van der Waals surface area contributed by atoms with E-state index in [1.807, 2.05) is 32.9 Å². The van der Waals surface area contributed by atoms with E-state index in [1.54, 1.807) is 11.1 Å². The van der Waals surface area contributed by atoms with Gasteiger partial charge in [0.1, 0.15) is 10.2 Å². The number of nitrogens with zero attached hydrogens (tertiary/aromatic N) is 2. The van der Waals surface area contributed by atoms with Crippen LogP contribution in [-0.4, -0.2) is 45.7 Å². The molecule has 1 fully saturated rings. The van der Waals surface area contributed by atoms with Crippen molar-refractivity contribution in [1.82, 2.24) is 9.88 Å². The van der Waals surface area contributed by atoms with Crippen molar-refractivity contribution in [2.24, 2.45) is 11.8 Å². The first-order valence-corrected chi connectivity index (χ1v) is 8.76. The van der Waals surface area contributed by atoms with E-state index >= 15 is 0 Å². The van der Waals surface area contributed by atoms with Gasteiger partial charge in [0.05, 0.1) is 5.92 Å². The zero-order chi connectivity index (χ0) is 17.9. The number of hydrogen-bond acceptors (Lipinski definition) is 4. The molecule has 0 aliphatic carbocycles. The van der Waals surface area contributed by atoms with Gasteiger partial charge in [0.25, 0.3) is 0 Å². The van der Waals surface area contributed by atoms with Crippen LogP contribution in [0.2, 0.25) is 0 Å². The molecule has 132 valence electrons. The number of amides is 1. The number of carbonyl (C=O) groups excluding carboxylic acids is 1. The van der Waals surface area contributed by atoms with Crippen LogP contribution in [0.25, 0.3) is 0 Å². The van der Waals surface area contributed by atoms with Crippen LogP contribution in [0.3, 0.4) is 0 Å². The molecule has 1 saturated heterocycles. The molecule has 1 unspecified atom stereocenters. The van der Waals surface area contributed by atoms with Gasteiger partial charge in [0.2, 0.25) is 0 Å². The Morgan fingerprint density at radius 2 is 2.21 bits per heavy atom. The Morgan fingerprint density at radius 1 is 1.50 bits per heavy atom. The highest BCUT2D eigenvalue weighted by atomic mass is 79.9. The van der Waals surface area contributed by atoms with Gasteiger partial charge in [0.15, 0.2) is 0 Å². The van der Waals surface area contributed by atoms with Crippen molar-refractivity contribution >= 4 is 28.0 Å². The molecule has 0 aromatic carbocycles. The summed E-state index contributed by atoms with van der Waals surface area (Å²) in [5, 5.41) is 9.61. The summed E-state index contributed by atoms with van der Waals surface area (Å²) in [6.07, 6.45) is 2.37. The Hall–Kier alpha value is -1.63. The lowest BCUT2D eigenvalue weighted by Gasteiger charge is -2.25. The van der Waals surface area contributed by atoms with E-state index in [2.05, 4.69) is 20.9 Å². The van der Waals surface area contributed by atoms with E-state index in [4.69, 9.17) is 4.74 Å². The largest absolute Gasteiger partial charge is 0.481 e. The third kappa shape index (κ3) is 5.19. The second kappa shape index (κ2) is 7.51. The zero-order valence-corrected chi connectivity index (χ0v) is 15.7. The van der Waals surface area contributed by atoms with Gasteiger partial charge in [-0.15, -0.1) is 0 Å². The highest BCUT2D eigenvalue weighted by molar-refractivity contribution is 9.10. The lowest BCUT2D eigenvalue weighted by Crippen LogP contribution is -2.36. The first-order chi connectivity index (χ1) is 11.2. The Morgan fingerprint density at radius 3 is 2.79 bits per heavy atom. The highest BCUT2D eigenvalue weighted by Crippen LogP contribution is 2.29. The van der Waals surface area contributed by atoms with Gasteiger partial charge < -0.3 is 14.7 Å². The van der Waals surface area contributed by atoms with E-state index in [-0.39, 0.29) is 12.0 Å². The number of hydrogen-bond donors (Lipinski definition) is 1. The van der Waals surface area contributed by atoms with Crippen LogP contribution in [-0.2, 0) is 16.0 Å². The Balaban J connectivity index is 2.02. The van der Waals surface area contributed by atoms with Crippen molar-refractivity contribution in [3.05, 3.63) is 28.5 Å². The van der Waals surface area contributed by atoms with Crippen LogP contribution >= 0.6 is 15.9 Å². The Kier molecular flexibility index (Phi) is 5.85. The van der Waals surface area contributed by atoms with E-state index in [0.29, 0.717) is 30.5 Å². The average Bonchev–Trinajstić information content (AvgIpc) is 2.92. The lowest BCUT2D eigenvalue weighted by atomic mass is 9.86. The van der Waals surface area contributed by atoms with Crippen molar-refractivity contribution in [3.63, 3.8) is 0 Å². The summed E-state index contributed by atoms with van der Waals surface area (Å²) >= 11 is 3.30. The third-order valence-corrected chi connectivity index (χ3v) is 4.44. The summed E-state index contributed by atoms with van der Waals surface area (Å²) in [4.78, 5) is 29.5. The fraction of sp³-hybridized carbons (Fsp3) is 0.588. The molecule has 7 heteroatoms. The minimum Gasteiger partial charge on any atom is -0.481 e. The molecule has 1 aliphatic rings. The summed E-state index contributed by atoms with van der Waals surface area (Å²) in [5.41, 5.74) is 0.366. The maximum absolute atomic E-state index is 12.1. The molecule has 0 saturated carbocycles. The molecule has 0 spiro atoms. The molecule has 1 aromatic rings. The number of pyridine rings is 1. The van der Waals surface area contributed by atoms with Crippen molar-refractivity contribution in [3.8, 4) is 0 Å². The maximum Gasteiger partial charge on any atom is 0.410 e. The van der Waals surface area contributed by atoms with Gasteiger partial charge in [-0.3, -0.25) is 4.79 Å². The molecule has 6 nitrogen and oxygen atoms in total. The molecular formula is C17H23BrN2O4. The van der Waals surface area contributed by atoms with Gasteiger partial charge in [-0.25, -0.2) is 9.78 Å². The van der Waals surface area contributed by atoms with Crippen LogP contribution in [0.5, 0.6) is 0 Å². The first kappa shape index (κ1) is 18.7. The number of halogens is 1. The zero-order valence-electron chi connectivity index (χ0n) is 14.2. The predicted molar refractivity (Wildman–Crippen MR) is 92.7 cm³/mol. The molecule has 0 bridgehead atoms. The van der Waals surface area contributed by atoms with Crippen LogP contribution in [0.4, 0.5) is 4.79 Å². The minimum atomic E-state index is -0.834. The number of ether oxygens (including phenoxy) is 1. The maximum atomic E-state index is 12.1. The number of carboxylic acids is 1. The van der Waals surface area contributed by atoms with Gasteiger partial charge in [0, 0.05) is 19.3 Å². The van der Waals surface area contributed by atoms with Gasteiger partial charge in [-0.1, -0.05) is 0 Å².